The number of hydrogen-bond donors (Lipinski definition) is 1. The summed E-state index contributed by atoms with van der Waals surface area (Å²) in [4.78, 5) is 11.7. The Labute approximate surface area is 88.4 Å². The van der Waals surface area contributed by atoms with Gasteiger partial charge in [-0.2, -0.15) is 0 Å². The Hall–Kier alpha value is -1.46. The van der Waals surface area contributed by atoms with Gasteiger partial charge in [0.25, 0.3) is 0 Å². The molecule has 1 N–H and O–H groups in total. The van der Waals surface area contributed by atoms with Gasteiger partial charge in [-0.15, -0.1) is 0 Å². The van der Waals surface area contributed by atoms with Crippen LogP contribution in [0.2, 0.25) is 0 Å². The topological polar surface area (TPSA) is 59.3 Å². The second kappa shape index (κ2) is 3.60. The van der Waals surface area contributed by atoms with Crippen molar-refractivity contribution in [3.8, 4) is 0 Å². The normalized spacial score (nSPS) is 12.9. The Morgan fingerprint density at radius 2 is 2.00 bits per heavy atom. The van der Waals surface area contributed by atoms with Crippen LogP contribution in [0.15, 0.2) is 40.2 Å². The van der Waals surface area contributed by atoms with Gasteiger partial charge < -0.3 is 9.12 Å². The van der Waals surface area contributed by atoms with E-state index in [1.54, 1.807) is 29.8 Å². The summed E-state index contributed by atoms with van der Waals surface area (Å²) in [5.74, 6) is 0. The summed E-state index contributed by atoms with van der Waals surface area (Å²) in [5, 5.41) is 0.458. The van der Waals surface area contributed by atoms with Gasteiger partial charge in [0.2, 0.25) is 5.43 Å². The summed E-state index contributed by atoms with van der Waals surface area (Å²) in [5.41, 5.74) is 0.362. The van der Waals surface area contributed by atoms with Crippen molar-refractivity contribution in [3.05, 3.63) is 40.7 Å². The first-order valence-corrected chi connectivity index (χ1v) is 5.41. The SMILES string of the molecule is Cn1cc(S(=O)O)c(=O)c2ccccc21. The Kier molecular flexibility index (Phi) is 2.42. The lowest BCUT2D eigenvalue weighted by molar-refractivity contribution is 0.562. The van der Waals surface area contributed by atoms with Crippen LogP contribution in [0.1, 0.15) is 0 Å². The maximum absolute atomic E-state index is 11.8. The summed E-state index contributed by atoms with van der Waals surface area (Å²) >= 11 is -2.24. The second-order valence-corrected chi connectivity index (χ2v) is 4.14. The molecule has 1 atom stereocenters. The molecule has 1 aromatic carbocycles. The summed E-state index contributed by atoms with van der Waals surface area (Å²) in [6.07, 6.45) is 1.39. The van der Waals surface area contributed by atoms with Gasteiger partial charge in [0.1, 0.15) is 4.90 Å². The number of aryl methyl sites for hydroxylation is 1. The molecule has 0 amide bonds. The lowest BCUT2D eigenvalue weighted by atomic mass is 10.2. The van der Waals surface area contributed by atoms with E-state index >= 15 is 0 Å². The van der Waals surface area contributed by atoms with Crippen molar-refractivity contribution >= 4 is 22.0 Å². The molecule has 0 bridgehead atoms. The summed E-state index contributed by atoms with van der Waals surface area (Å²) in [6, 6.07) is 6.99. The van der Waals surface area contributed by atoms with E-state index in [1.807, 2.05) is 6.07 Å². The Balaban J connectivity index is 2.97. The number of benzene rings is 1. The van der Waals surface area contributed by atoms with Crippen LogP contribution in [0, 0.1) is 0 Å². The summed E-state index contributed by atoms with van der Waals surface area (Å²) < 4.78 is 21.5. The third-order valence-electron chi connectivity index (χ3n) is 2.25. The predicted molar refractivity (Wildman–Crippen MR) is 58.2 cm³/mol. The maximum Gasteiger partial charge on any atom is 0.207 e. The first-order valence-electron chi connectivity index (χ1n) is 4.30. The van der Waals surface area contributed by atoms with E-state index in [1.165, 1.54) is 6.20 Å². The van der Waals surface area contributed by atoms with E-state index in [4.69, 9.17) is 4.55 Å². The second-order valence-electron chi connectivity index (χ2n) is 3.20. The molecule has 15 heavy (non-hydrogen) atoms. The van der Waals surface area contributed by atoms with Crippen molar-refractivity contribution in [2.75, 3.05) is 0 Å². The molecular formula is C10H9NO3S. The zero-order chi connectivity index (χ0) is 11.0. The molecule has 0 fully saturated rings. The predicted octanol–water partition coefficient (Wildman–Crippen LogP) is 1.12. The monoisotopic (exact) mass is 223 g/mol. The number of pyridine rings is 1. The molecule has 0 aliphatic carbocycles. The highest BCUT2D eigenvalue weighted by Crippen LogP contribution is 2.11. The van der Waals surface area contributed by atoms with E-state index in [2.05, 4.69) is 0 Å². The zero-order valence-electron chi connectivity index (χ0n) is 8.01. The largest absolute Gasteiger partial charge is 0.349 e. The highest BCUT2D eigenvalue weighted by molar-refractivity contribution is 7.79. The molecule has 0 radical (unpaired) electrons. The molecule has 1 unspecified atom stereocenters. The molecule has 1 aromatic heterocycles. The minimum absolute atomic E-state index is 0.0869. The Morgan fingerprint density at radius 3 is 2.67 bits per heavy atom. The number of nitrogens with zero attached hydrogens (tertiary/aromatic N) is 1. The number of para-hydroxylation sites is 1. The van der Waals surface area contributed by atoms with Crippen molar-refractivity contribution in [2.24, 2.45) is 7.05 Å². The minimum Gasteiger partial charge on any atom is -0.349 e. The molecule has 5 heteroatoms. The van der Waals surface area contributed by atoms with Gasteiger partial charge in [0.15, 0.2) is 11.1 Å². The van der Waals surface area contributed by atoms with Gasteiger partial charge in [-0.25, -0.2) is 4.21 Å². The van der Waals surface area contributed by atoms with Crippen LogP contribution in [0.3, 0.4) is 0 Å². The average molecular weight is 223 g/mol. The van der Waals surface area contributed by atoms with E-state index in [-0.39, 0.29) is 10.3 Å². The molecule has 0 aliphatic rings. The first-order chi connectivity index (χ1) is 7.11. The van der Waals surface area contributed by atoms with Crippen molar-refractivity contribution in [2.45, 2.75) is 4.90 Å². The first kappa shape index (κ1) is 10.1. The van der Waals surface area contributed by atoms with E-state index < -0.39 is 11.1 Å². The van der Waals surface area contributed by atoms with Crippen LogP contribution in [0.25, 0.3) is 10.9 Å². The molecule has 78 valence electrons. The number of fused-ring (bicyclic) bond motifs is 1. The fourth-order valence-electron chi connectivity index (χ4n) is 1.53. The standard InChI is InChI=1S/C10H9NO3S/c1-11-6-9(15(13)14)10(12)7-4-2-3-5-8(7)11/h2-6H,1H3,(H,13,14). The molecular weight excluding hydrogens is 214 g/mol. The van der Waals surface area contributed by atoms with E-state index in [0.29, 0.717) is 5.39 Å². The Bertz CT molecular complexity index is 603. The fourth-order valence-corrected chi connectivity index (χ4v) is 2.05. The lowest BCUT2D eigenvalue weighted by Crippen LogP contribution is -2.14. The third-order valence-corrected chi connectivity index (χ3v) is 2.92. The third kappa shape index (κ3) is 1.60. The van der Waals surface area contributed by atoms with Gasteiger partial charge in [0.05, 0.1) is 5.52 Å². The van der Waals surface area contributed by atoms with Gasteiger partial charge >= 0.3 is 0 Å². The zero-order valence-corrected chi connectivity index (χ0v) is 8.82. The summed E-state index contributed by atoms with van der Waals surface area (Å²) in [6.45, 7) is 0. The van der Waals surface area contributed by atoms with Crippen LogP contribution >= 0.6 is 0 Å². The molecule has 0 saturated carbocycles. The van der Waals surface area contributed by atoms with Crippen LogP contribution in [-0.4, -0.2) is 13.3 Å². The lowest BCUT2D eigenvalue weighted by Gasteiger charge is -2.06. The maximum atomic E-state index is 11.8. The van der Waals surface area contributed by atoms with Gasteiger partial charge in [0, 0.05) is 18.6 Å². The molecule has 0 saturated heterocycles. The molecule has 4 nitrogen and oxygen atoms in total. The Morgan fingerprint density at radius 1 is 1.33 bits per heavy atom. The van der Waals surface area contributed by atoms with Crippen LogP contribution in [0.4, 0.5) is 0 Å². The van der Waals surface area contributed by atoms with Crippen molar-refractivity contribution in [3.63, 3.8) is 0 Å². The van der Waals surface area contributed by atoms with Crippen molar-refractivity contribution in [1.29, 1.82) is 0 Å². The van der Waals surface area contributed by atoms with Crippen molar-refractivity contribution < 1.29 is 8.76 Å². The van der Waals surface area contributed by atoms with Crippen molar-refractivity contribution in [1.82, 2.24) is 4.57 Å². The fraction of sp³-hybridized carbons (Fsp3) is 0.100. The molecule has 0 spiro atoms. The summed E-state index contributed by atoms with van der Waals surface area (Å²) in [7, 11) is 1.73. The molecule has 2 rings (SSSR count). The van der Waals surface area contributed by atoms with E-state index in [9.17, 15) is 9.00 Å². The van der Waals surface area contributed by atoms with Crippen LogP contribution in [0.5, 0.6) is 0 Å². The van der Waals surface area contributed by atoms with E-state index in [0.717, 1.165) is 5.52 Å². The highest BCUT2D eigenvalue weighted by Gasteiger charge is 2.10. The molecule has 0 aliphatic heterocycles. The smallest absolute Gasteiger partial charge is 0.207 e. The number of aromatic nitrogens is 1. The van der Waals surface area contributed by atoms with Gasteiger partial charge in [-0.1, -0.05) is 12.1 Å². The van der Waals surface area contributed by atoms with Crippen LogP contribution < -0.4 is 5.43 Å². The highest BCUT2D eigenvalue weighted by atomic mass is 32.2. The van der Waals surface area contributed by atoms with Gasteiger partial charge in [-0.05, 0) is 12.1 Å². The number of rotatable bonds is 1. The average Bonchev–Trinajstić information content (AvgIpc) is 2.23. The number of hydrogen-bond acceptors (Lipinski definition) is 2. The molecule has 1 heterocycles. The quantitative estimate of drug-likeness (QED) is 0.737. The van der Waals surface area contributed by atoms with Gasteiger partial charge in [-0.3, -0.25) is 4.79 Å². The molecule has 2 aromatic rings. The van der Waals surface area contributed by atoms with Crippen LogP contribution in [-0.2, 0) is 18.1 Å². The minimum atomic E-state index is -2.24.